The van der Waals surface area contributed by atoms with E-state index in [-0.39, 0.29) is 6.10 Å². The van der Waals surface area contributed by atoms with Crippen molar-refractivity contribution in [3.05, 3.63) is 65.2 Å². The van der Waals surface area contributed by atoms with Gasteiger partial charge in [-0.1, -0.05) is 42.0 Å². The van der Waals surface area contributed by atoms with E-state index in [0.717, 1.165) is 37.3 Å². The molecular formula is C21H27NO3. The summed E-state index contributed by atoms with van der Waals surface area (Å²) < 4.78 is 11.3. The van der Waals surface area contributed by atoms with E-state index in [0.29, 0.717) is 13.2 Å². The van der Waals surface area contributed by atoms with Gasteiger partial charge in [-0.2, -0.15) is 0 Å². The van der Waals surface area contributed by atoms with Crippen LogP contribution in [0.1, 0.15) is 35.6 Å². The van der Waals surface area contributed by atoms with Crippen LogP contribution < -0.4 is 10.1 Å². The third-order valence-corrected chi connectivity index (χ3v) is 4.51. The number of aryl methyl sites for hydroxylation is 1. The van der Waals surface area contributed by atoms with E-state index in [2.05, 4.69) is 17.4 Å². The van der Waals surface area contributed by atoms with E-state index in [1.807, 2.05) is 43.3 Å². The van der Waals surface area contributed by atoms with Crippen molar-refractivity contribution < 1.29 is 14.6 Å². The van der Waals surface area contributed by atoms with Crippen molar-refractivity contribution in [3.63, 3.8) is 0 Å². The van der Waals surface area contributed by atoms with E-state index in [1.165, 1.54) is 11.1 Å². The maximum atomic E-state index is 10.2. The van der Waals surface area contributed by atoms with Gasteiger partial charge in [0.25, 0.3) is 0 Å². The van der Waals surface area contributed by atoms with Gasteiger partial charge in [0, 0.05) is 19.7 Å². The number of aliphatic hydroxyl groups is 1. The van der Waals surface area contributed by atoms with E-state index >= 15 is 0 Å². The first-order chi connectivity index (χ1) is 12.2. The van der Waals surface area contributed by atoms with Crippen LogP contribution in [0.3, 0.4) is 0 Å². The lowest BCUT2D eigenvalue weighted by Gasteiger charge is -2.13. The molecule has 1 heterocycles. The predicted molar refractivity (Wildman–Crippen MR) is 98.8 cm³/mol. The maximum absolute atomic E-state index is 10.2. The third kappa shape index (κ3) is 5.56. The first kappa shape index (κ1) is 17.9. The Bertz CT molecular complexity index is 633. The zero-order valence-electron chi connectivity index (χ0n) is 14.8. The average Bonchev–Trinajstić information content (AvgIpc) is 3.15. The van der Waals surface area contributed by atoms with Gasteiger partial charge >= 0.3 is 0 Å². The molecule has 4 heteroatoms. The van der Waals surface area contributed by atoms with Gasteiger partial charge in [0.05, 0.1) is 12.2 Å². The minimum atomic E-state index is -0.491. The summed E-state index contributed by atoms with van der Waals surface area (Å²) in [5.74, 6) is 0.874. The summed E-state index contributed by atoms with van der Waals surface area (Å²) in [5, 5.41) is 13.5. The van der Waals surface area contributed by atoms with Crippen LogP contribution in [0, 0.1) is 6.92 Å². The summed E-state index contributed by atoms with van der Waals surface area (Å²) in [4.78, 5) is 0. The van der Waals surface area contributed by atoms with Crippen molar-refractivity contribution in [1.82, 2.24) is 5.32 Å². The second-order valence-corrected chi connectivity index (χ2v) is 6.65. The van der Waals surface area contributed by atoms with Crippen LogP contribution in [-0.2, 0) is 11.3 Å². The zero-order chi connectivity index (χ0) is 17.5. The Morgan fingerprint density at radius 3 is 2.60 bits per heavy atom. The Kier molecular flexibility index (Phi) is 6.45. The largest absolute Gasteiger partial charge is 0.491 e. The Morgan fingerprint density at radius 1 is 1.16 bits per heavy atom. The number of hydrogen-bond donors (Lipinski definition) is 2. The molecule has 0 bridgehead atoms. The van der Waals surface area contributed by atoms with Gasteiger partial charge in [-0.05, 0) is 43.0 Å². The number of ether oxygens (including phenoxy) is 2. The number of hydrogen-bond acceptors (Lipinski definition) is 4. The topological polar surface area (TPSA) is 50.7 Å². The van der Waals surface area contributed by atoms with Crippen LogP contribution in [0.5, 0.6) is 5.75 Å². The molecule has 2 aromatic carbocycles. The van der Waals surface area contributed by atoms with Gasteiger partial charge in [-0.15, -0.1) is 0 Å². The molecule has 2 N–H and O–H groups in total. The highest BCUT2D eigenvalue weighted by Gasteiger charge is 2.15. The predicted octanol–water partition coefficient (Wildman–Crippen LogP) is 3.38. The summed E-state index contributed by atoms with van der Waals surface area (Å²) in [6.07, 6.45) is 1.97. The third-order valence-electron chi connectivity index (χ3n) is 4.51. The molecule has 1 saturated heterocycles. The zero-order valence-corrected chi connectivity index (χ0v) is 14.8. The van der Waals surface area contributed by atoms with E-state index in [1.54, 1.807) is 0 Å². The molecule has 0 aliphatic carbocycles. The normalized spacial score (nSPS) is 18.2. The average molecular weight is 341 g/mol. The first-order valence-electron chi connectivity index (χ1n) is 8.99. The Hall–Kier alpha value is -1.88. The molecule has 2 unspecified atom stereocenters. The lowest BCUT2D eigenvalue weighted by Crippen LogP contribution is -2.21. The molecule has 1 aliphatic rings. The lowest BCUT2D eigenvalue weighted by atomic mass is 10.1. The molecule has 0 radical (unpaired) electrons. The molecule has 1 fully saturated rings. The smallest absolute Gasteiger partial charge is 0.119 e. The molecule has 2 aromatic rings. The van der Waals surface area contributed by atoms with E-state index in [4.69, 9.17) is 9.47 Å². The number of aliphatic hydroxyl groups excluding tert-OH is 1. The Labute approximate surface area is 149 Å². The van der Waals surface area contributed by atoms with Crippen molar-refractivity contribution >= 4 is 0 Å². The van der Waals surface area contributed by atoms with Crippen LogP contribution >= 0.6 is 0 Å². The molecular weight excluding hydrogens is 314 g/mol. The summed E-state index contributed by atoms with van der Waals surface area (Å²) in [5.41, 5.74) is 3.31. The van der Waals surface area contributed by atoms with E-state index in [9.17, 15) is 5.11 Å². The quantitative estimate of drug-likeness (QED) is 0.773. The second-order valence-electron chi connectivity index (χ2n) is 6.65. The standard InChI is InChI=1S/C21H27NO3/c1-16-4-8-18(9-5-16)21(23)14-22-13-17-6-10-19(11-7-17)25-15-20-3-2-12-24-20/h4-11,20-23H,2-3,12-15H2,1H3. The first-order valence-corrected chi connectivity index (χ1v) is 8.99. The van der Waals surface area contributed by atoms with Gasteiger partial charge < -0.3 is 19.9 Å². The minimum Gasteiger partial charge on any atom is -0.491 e. The van der Waals surface area contributed by atoms with Gasteiger partial charge in [0.1, 0.15) is 12.4 Å². The monoisotopic (exact) mass is 341 g/mol. The van der Waals surface area contributed by atoms with Gasteiger partial charge in [-0.25, -0.2) is 0 Å². The molecule has 0 amide bonds. The fourth-order valence-corrected chi connectivity index (χ4v) is 2.93. The maximum Gasteiger partial charge on any atom is 0.119 e. The Balaban J connectivity index is 1.39. The molecule has 25 heavy (non-hydrogen) atoms. The molecule has 134 valence electrons. The van der Waals surface area contributed by atoms with Crippen LogP contribution in [0.25, 0.3) is 0 Å². The van der Waals surface area contributed by atoms with Crippen molar-refractivity contribution in [2.24, 2.45) is 0 Å². The highest BCUT2D eigenvalue weighted by atomic mass is 16.5. The Morgan fingerprint density at radius 2 is 1.92 bits per heavy atom. The summed E-state index contributed by atoms with van der Waals surface area (Å²) in [7, 11) is 0. The molecule has 3 rings (SSSR count). The van der Waals surface area contributed by atoms with Gasteiger partial charge in [-0.3, -0.25) is 0 Å². The molecule has 1 aliphatic heterocycles. The van der Waals surface area contributed by atoms with Crippen molar-refractivity contribution in [3.8, 4) is 5.75 Å². The fourth-order valence-electron chi connectivity index (χ4n) is 2.93. The van der Waals surface area contributed by atoms with Crippen molar-refractivity contribution in [1.29, 1.82) is 0 Å². The number of rotatable bonds is 8. The highest BCUT2D eigenvalue weighted by molar-refractivity contribution is 5.27. The summed E-state index contributed by atoms with van der Waals surface area (Å²) in [6, 6.07) is 16.1. The van der Waals surface area contributed by atoms with Crippen molar-refractivity contribution in [2.45, 2.75) is 38.5 Å². The van der Waals surface area contributed by atoms with E-state index < -0.39 is 6.10 Å². The van der Waals surface area contributed by atoms with Crippen LogP contribution in [-0.4, -0.2) is 31.0 Å². The summed E-state index contributed by atoms with van der Waals surface area (Å²) in [6.45, 7) is 4.77. The molecule has 0 saturated carbocycles. The van der Waals surface area contributed by atoms with Crippen LogP contribution in [0.2, 0.25) is 0 Å². The highest BCUT2D eigenvalue weighted by Crippen LogP contribution is 2.17. The second kappa shape index (κ2) is 8.99. The van der Waals surface area contributed by atoms with Gasteiger partial charge in [0.15, 0.2) is 0 Å². The molecule has 2 atom stereocenters. The fraction of sp³-hybridized carbons (Fsp3) is 0.429. The lowest BCUT2D eigenvalue weighted by molar-refractivity contribution is 0.0679. The number of nitrogens with one attached hydrogen (secondary N) is 1. The van der Waals surface area contributed by atoms with Crippen LogP contribution in [0.15, 0.2) is 48.5 Å². The van der Waals surface area contributed by atoms with Crippen molar-refractivity contribution in [2.75, 3.05) is 19.8 Å². The molecule has 0 spiro atoms. The minimum absolute atomic E-state index is 0.240. The SMILES string of the molecule is Cc1ccc(C(O)CNCc2ccc(OCC3CCCO3)cc2)cc1. The molecule has 0 aromatic heterocycles. The summed E-state index contributed by atoms with van der Waals surface area (Å²) >= 11 is 0. The van der Waals surface area contributed by atoms with Crippen LogP contribution in [0.4, 0.5) is 0 Å². The number of benzene rings is 2. The van der Waals surface area contributed by atoms with Gasteiger partial charge in [0.2, 0.25) is 0 Å². The molecule has 4 nitrogen and oxygen atoms in total.